The third kappa shape index (κ3) is 1.75. The zero-order valence-corrected chi connectivity index (χ0v) is 6.52. The number of alkyl halides is 3. The highest BCUT2D eigenvalue weighted by Crippen LogP contribution is 2.37. The summed E-state index contributed by atoms with van der Waals surface area (Å²) in [4.78, 5) is 3.02. The van der Waals surface area contributed by atoms with E-state index in [1.54, 1.807) is 0 Å². The zero-order valence-electron chi connectivity index (χ0n) is 4.94. The second-order valence-electron chi connectivity index (χ2n) is 1.67. The summed E-state index contributed by atoms with van der Waals surface area (Å²) in [7, 11) is 0. The molecular formula is C4H2ClF3N2S. The molecule has 1 heterocycles. The Bertz CT molecular complexity index is 269. The SMILES string of the molecule is Nc1nc(C(F)(F)F)c(Cl)s1. The van der Waals surface area contributed by atoms with Gasteiger partial charge >= 0.3 is 6.18 Å². The van der Waals surface area contributed by atoms with E-state index in [1.165, 1.54) is 0 Å². The molecule has 1 rings (SSSR count). The largest absolute Gasteiger partial charge is 0.435 e. The molecule has 1 aromatic rings. The first kappa shape index (κ1) is 8.61. The van der Waals surface area contributed by atoms with Gasteiger partial charge in [0.2, 0.25) is 0 Å². The van der Waals surface area contributed by atoms with Crippen molar-refractivity contribution in [2.24, 2.45) is 0 Å². The molecule has 0 aromatic carbocycles. The first-order valence-electron chi connectivity index (χ1n) is 2.40. The van der Waals surface area contributed by atoms with Gasteiger partial charge in [0.05, 0.1) is 0 Å². The van der Waals surface area contributed by atoms with Gasteiger partial charge in [0.1, 0.15) is 4.34 Å². The maximum Gasteiger partial charge on any atom is 0.435 e. The van der Waals surface area contributed by atoms with Crippen LogP contribution >= 0.6 is 22.9 Å². The molecule has 0 spiro atoms. The minimum atomic E-state index is -4.51. The number of thiazole rings is 1. The van der Waals surface area contributed by atoms with E-state index in [2.05, 4.69) is 4.98 Å². The summed E-state index contributed by atoms with van der Waals surface area (Å²) in [6.07, 6.45) is -4.51. The molecule has 2 nitrogen and oxygen atoms in total. The van der Waals surface area contributed by atoms with Crippen molar-refractivity contribution in [2.45, 2.75) is 6.18 Å². The van der Waals surface area contributed by atoms with Crippen molar-refractivity contribution >= 4 is 28.1 Å². The predicted octanol–water partition coefficient (Wildman–Crippen LogP) is 2.40. The lowest BCUT2D eigenvalue weighted by atomic mass is 10.5. The maximum absolute atomic E-state index is 11.9. The molecule has 0 aliphatic rings. The fourth-order valence-electron chi connectivity index (χ4n) is 0.492. The Morgan fingerprint density at radius 2 is 2.00 bits per heavy atom. The van der Waals surface area contributed by atoms with Crippen LogP contribution in [-0.2, 0) is 6.18 Å². The Balaban J connectivity index is 3.13. The summed E-state index contributed by atoms with van der Waals surface area (Å²) in [6, 6.07) is 0. The molecule has 0 aliphatic heterocycles. The summed E-state index contributed by atoms with van der Waals surface area (Å²) in [6.45, 7) is 0. The lowest BCUT2D eigenvalue weighted by Crippen LogP contribution is -2.06. The van der Waals surface area contributed by atoms with Crippen LogP contribution in [0.15, 0.2) is 0 Å². The molecule has 2 N–H and O–H groups in total. The van der Waals surface area contributed by atoms with Crippen molar-refractivity contribution in [1.82, 2.24) is 4.98 Å². The van der Waals surface area contributed by atoms with Crippen molar-refractivity contribution in [3.63, 3.8) is 0 Å². The highest BCUT2D eigenvalue weighted by molar-refractivity contribution is 7.19. The quantitative estimate of drug-likeness (QED) is 0.702. The van der Waals surface area contributed by atoms with Gasteiger partial charge in [0.15, 0.2) is 10.8 Å². The number of nitrogen functional groups attached to an aromatic ring is 1. The Morgan fingerprint density at radius 3 is 2.18 bits per heavy atom. The van der Waals surface area contributed by atoms with Crippen LogP contribution in [0.1, 0.15) is 5.69 Å². The van der Waals surface area contributed by atoms with E-state index in [-0.39, 0.29) is 5.13 Å². The molecule has 0 saturated carbocycles. The van der Waals surface area contributed by atoms with Crippen LogP contribution in [0.5, 0.6) is 0 Å². The fraction of sp³-hybridized carbons (Fsp3) is 0.250. The van der Waals surface area contributed by atoms with Crippen molar-refractivity contribution in [3.05, 3.63) is 10.0 Å². The number of rotatable bonds is 0. The van der Waals surface area contributed by atoms with E-state index in [1.807, 2.05) is 0 Å². The monoisotopic (exact) mass is 202 g/mol. The average molecular weight is 203 g/mol. The summed E-state index contributed by atoms with van der Waals surface area (Å²) in [5.74, 6) is 0. The van der Waals surface area contributed by atoms with Gasteiger partial charge in [-0.2, -0.15) is 13.2 Å². The van der Waals surface area contributed by atoms with E-state index in [0.29, 0.717) is 11.3 Å². The van der Waals surface area contributed by atoms with Gasteiger partial charge in [0.25, 0.3) is 0 Å². The standard InChI is InChI=1S/C4H2ClF3N2S/c5-2-1(4(6,7)8)10-3(9)11-2/h(H2,9,10). The predicted molar refractivity (Wildman–Crippen MR) is 36.5 cm³/mol. The van der Waals surface area contributed by atoms with Crippen molar-refractivity contribution in [3.8, 4) is 0 Å². The Kier molecular flexibility index (Phi) is 1.98. The minimum absolute atomic E-state index is 0.178. The normalized spacial score (nSPS) is 12.0. The summed E-state index contributed by atoms with van der Waals surface area (Å²) in [5, 5.41) is -0.178. The van der Waals surface area contributed by atoms with E-state index < -0.39 is 16.2 Å². The van der Waals surface area contributed by atoms with Crippen molar-refractivity contribution in [2.75, 3.05) is 5.73 Å². The van der Waals surface area contributed by atoms with Crippen LogP contribution in [-0.4, -0.2) is 4.98 Å². The Labute approximate surface area is 68.8 Å². The van der Waals surface area contributed by atoms with Gasteiger partial charge in [0, 0.05) is 0 Å². The second-order valence-corrected chi connectivity index (χ2v) is 3.30. The molecule has 0 unspecified atom stereocenters. The number of aromatic nitrogens is 1. The van der Waals surface area contributed by atoms with Gasteiger partial charge in [-0.05, 0) is 0 Å². The molecular weight excluding hydrogens is 201 g/mol. The number of nitrogens with two attached hydrogens (primary N) is 1. The van der Waals surface area contributed by atoms with E-state index in [9.17, 15) is 13.2 Å². The lowest BCUT2D eigenvalue weighted by molar-refractivity contribution is -0.140. The summed E-state index contributed by atoms with van der Waals surface area (Å²) < 4.78 is 35.2. The number of anilines is 1. The molecule has 0 radical (unpaired) electrons. The highest BCUT2D eigenvalue weighted by atomic mass is 35.5. The molecule has 0 bridgehead atoms. The number of hydrogen-bond acceptors (Lipinski definition) is 3. The highest BCUT2D eigenvalue weighted by Gasteiger charge is 2.36. The molecule has 0 amide bonds. The maximum atomic E-state index is 11.9. The minimum Gasteiger partial charge on any atom is -0.375 e. The van der Waals surface area contributed by atoms with Crippen LogP contribution in [0, 0.1) is 0 Å². The first-order valence-corrected chi connectivity index (χ1v) is 3.59. The van der Waals surface area contributed by atoms with Crippen LogP contribution in [0.3, 0.4) is 0 Å². The van der Waals surface area contributed by atoms with Gasteiger partial charge in [-0.25, -0.2) is 4.98 Å². The van der Waals surface area contributed by atoms with Crippen LogP contribution in [0.2, 0.25) is 4.34 Å². The van der Waals surface area contributed by atoms with Crippen LogP contribution < -0.4 is 5.73 Å². The van der Waals surface area contributed by atoms with Crippen molar-refractivity contribution in [1.29, 1.82) is 0 Å². The third-order valence-corrected chi connectivity index (χ3v) is 1.95. The second kappa shape index (κ2) is 2.53. The zero-order chi connectivity index (χ0) is 8.65. The topological polar surface area (TPSA) is 38.9 Å². The lowest BCUT2D eigenvalue weighted by Gasteiger charge is -2.00. The molecule has 0 saturated heterocycles. The summed E-state index contributed by atoms with van der Waals surface area (Å²) >= 11 is 5.79. The smallest absolute Gasteiger partial charge is 0.375 e. The molecule has 1 aromatic heterocycles. The molecule has 7 heteroatoms. The Hall–Kier alpha value is -0.490. The average Bonchev–Trinajstić information content (AvgIpc) is 2.08. The molecule has 0 aliphatic carbocycles. The molecule has 0 fully saturated rings. The van der Waals surface area contributed by atoms with Gasteiger partial charge in [-0.3, -0.25) is 0 Å². The summed E-state index contributed by atoms with van der Waals surface area (Å²) in [5.41, 5.74) is 3.89. The van der Waals surface area contributed by atoms with Crippen LogP contribution in [0.4, 0.5) is 18.3 Å². The van der Waals surface area contributed by atoms with E-state index in [0.717, 1.165) is 0 Å². The molecule has 11 heavy (non-hydrogen) atoms. The van der Waals surface area contributed by atoms with E-state index in [4.69, 9.17) is 17.3 Å². The third-order valence-electron chi connectivity index (χ3n) is 0.871. The molecule has 0 atom stereocenters. The Morgan fingerprint density at radius 1 is 1.45 bits per heavy atom. The number of hydrogen-bond donors (Lipinski definition) is 1. The van der Waals surface area contributed by atoms with Gasteiger partial charge in [-0.1, -0.05) is 22.9 Å². The fourth-order valence-corrected chi connectivity index (χ4v) is 1.46. The molecule has 62 valence electrons. The van der Waals surface area contributed by atoms with Gasteiger partial charge in [-0.15, -0.1) is 0 Å². The first-order chi connectivity index (χ1) is 4.91. The number of nitrogens with zero attached hydrogens (tertiary/aromatic N) is 1. The van der Waals surface area contributed by atoms with Crippen molar-refractivity contribution < 1.29 is 13.2 Å². The van der Waals surface area contributed by atoms with Gasteiger partial charge < -0.3 is 5.73 Å². The van der Waals surface area contributed by atoms with E-state index >= 15 is 0 Å². The van der Waals surface area contributed by atoms with Crippen LogP contribution in [0.25, 0.3) is 0 Å². The number of halogens is 4.